The van der Waals surface area contributed by atoms with Crippen LogP contribution < -0.4 is 11.4 Å². The van der Waals surface area contributed by atoms with Crippen LogP contribution >= 0.6 is 0 Å². The lowest BCUT2D eigenvalue weighted by Crippen LogP contribution is -2.12. The molecule has 3 aromatic heterocycles. The molecule has 18 heavy (non-hydrogen) atoms. The van der Waals surface area contributed by atoms with Gasteiger partial charge in [0.1, 0.15) is 17.7 Å². The fraction of sp³-hybridized carbons (Fsp3) is 0.100. The van der Waals surface area contributed by atoms with Gasteiger partial charge in [0.15, 0.2) is 5.65 Å². The number of nitrogens with zero attached hydrogens (tertiary/aromatic N) is 4. The quantitative estimate of drug-likeness (QED) is 0.512. The summed E-state index contributed by atoms with van der Waals surface area (Å²) in [4.78, 5) is 30.7. The zero-order chi connectivity index (χ0) is 13.0. The van der Waals surface area contributed by atoms with Gasteiger partial charge < -0.3 is 15.7 Å². The third-order valence-electron chi connectivity index (χ3n) is 2.14. The topological polar surface area (TPSA) is 126 Å². The van der Waals surface area contributed by atoms with Gasteiger partial charge in [0.25, 0.3) is 0 Å². The van der Waals surface area contributed by atoms with E-state index in [1.54, 1.807) is 19.4 Å². The van der Waals surface area contributed by atoms with E-state index in [1.807, 2.05) is 0 Å². The summed E-state index contributed by atoms with van der Waals surface area (Å²) in [6, 6.07) is 0. The Morgan fingerprint density at radius 3 is 2.78 bits per heavy atom. The van der Waals surface area contributed by atoms with Crippen LogP contribution in [0.1, 0.15) is 5.56 Å². The number of hydrogen-bond donors (Lipinski definition) is 3. The van der Waals surface area contributed by atoms with E-state index in [0.29, 0.717) is 11.5 Å². The Labute approximate surface area is 101 Å². The molecule has 0 fully saturated rings. The third-order valence-corrected chi connectivity index (χ3v) is 2.14. The number of nitrogens with one attached hydrogen (secondary N) is 2. The predicted molar refractivity (Wildman–Crippen MR) is 65.7 cm³/mol. The molecule has 0 aliphatic rings. The van der Waals surface area contributed by atoms with Gasteiger partial charge in [-0.3, -0.25) is 0 Å². The van der Waals surface area contributed by atoms with Gasteiger partial charge in [0, 0.05) is 11.8 Å². The zero-order valence-electron chi connectivity index (χ0n) is 9.58. The molecule has 3 aromatic rings. The maximum Gasteiger partial charge on any atom is 0.346 e. The highest BCUT2D eigenvalue weighted by atomic mass is 16.1. The monoisotopic (exact) mass is 245 g/mol. The first-order chi connectivity index (χ1) is 8.66. The Bertz CT molecular complexity index is 672. The van der Waals surface area contributed by atoms with Crippen LogP contribution in [0.2, 0.25) is 0 Å². The fourth-order valence-electron chi connectivity index (χ4n) is 1.16. The van der Waals surface area contributed by atoms with Crippen molar-refractivity contribution in [3.63, 3.8) is 0 Å². The van der Waals surface area contributed by atoms with Crippen LogP contribution in [0.15, 0.2) is 29.8 Å². The predicted octanol–water partition coefficient (Wildman–Crippen LogP) is 0.0134. The lowest BCUT2D eigenvalue weighted by atomic mass is 10.4. The number of nitrogen functional groups attached to an aromatic ring is 1. The highest BCUT2D eigenvalue weighted by Crippen LogP contribution is 1.99. The van der Waals surface area contributed by atoms with Crippen LogP contribution in [-0.4, -0.2) is 29.9 Å². The zero-order valence-corrected chi connectivity index (χ0v) is 9.58. The molecule has 0 aliphatic heterocycles. The molecule has 0 spiro atoms. The number of aromatic nitrogens is 6. The van der Waals surface area contributed by atoms with Gasteiger partial charge >= 0.3 is 5.69 Å². The third kappa shape index (κ3) is 2.67. The summed E-state index contributed by atoms with van der Waals surface area (Å²) in [6.45, 7) is 1.78. The first-order valence-electron chi connectivity index (χ1n) is 5.07. The van der Waals surface area contributed by atoms with Crippen LogP contribution in [0, 0.1) is 6.92 Å². The molecular formula is C10H11N7O. The average Bonchev–Trinajstić information content (AvgIpc) is 2.83. The van der Waals surface area contributed by atoms with Crippen molar-refractivity contribution in [3.8, 4) is 0 Å². The van der Waals surface area contributed by atoms with Gasteiger partial charge in [-0.2, -0.15) is 4.98 Å². The second kappa shape index (κ2) is 5.04. The molecule has 4 N–H and O–H groups in total. The molecule has 3 heterocycles. The van der Waals surface area contributed by atoms with Crippen LogP contribution in [0.4, 0.5) is 5.82 Å². The molecule has 0 amide bonds. The van der Waals surface area contributed by atoms with E-state index < -0.39 is 5.69 Å². The Balaban J connectivity index is 0.000000134. The number of imidazole rings is 1. The van der Waals surface area contributed by atoms with Gasteiger partial charge in [-0.05, 0) is 6.92 Å². The van der Waals surface area contributed by atoms with E-state index in [0.717, 1.165) is 11.1 Å². The summed E-state index contributed by atoms with van der Waals surface area (Å²) in [7, 11) is 0. The Morgan fingerprint density at radius 2 is 2.11 bits per heavy atom. The number of anilines is 1. The van der Waals surface area contributed by atoms with Crippen molar-refractivity contribution in [1.82, 2.24) is 29.9 Å². The summed E-state index contributed by atoms with van der Waals surface area (Å²) < 4.78 is 0. The average molecular weight is 245 g/mol. The fourth-order valence-corrected chi connectivity index (χ4v) is 1.16. The van der Waals surface area contributed by atoms with Crippen LogP contribution in [0.3, 0.4) is 0 Å². The molecule has 0 aromatic carbocycles. The van der Waals surface area contributed by atoms with Crippen molar-refractivity contribution in [2.24, 2.45) is 0 Å². The molecule has 92 valence electrons. The highest BCUT2D eigenvalue weighted by Gasteiger charge is 1.92. The molecule has 0 atom stereocenters. The van der Waals surface area contributed by atoms with Gasteiger partial charge in [-0.15, -0.1) is 0 Å². The standard InChI is InChI=1S/C5H4N4.C5H7N3O/c1-4-5(8-2-6-1)9-3-7-4;1-3-2-7-5(9)8-4(3)6/h1-3H,(H,6,7,8,9);2H,1H3,(H3,6,7,8,9). The minimum absolute atomic E-state index is 0.291. The maximum atomic E-state index is 10.4. The van der Waals surface area contributed by atoms with Gasteiger partial charge in [0.2, 0.25) is 0 Å². The largest absolute Gasteiger partial charge is 0.383 e. The SMILES string of the molecule is Cc1c[nH]c(=O)nc1N.c1ncc2[nH]cnc2n1. The van der Waals surface area contributed by atoms with Crippen molar-refractivity contribution in [2.45, 2.75) is 6.92 Å². The first kappa shape index (κ1) is 11.7. The number of H-pyrrole nitrogens is 2. The lowest BCUT2D eigenvalue weighted by Gasteiger charge is -1.92. The number of rotatable bonds is 0. The summed E-state index contributed by atoms with van der Waals surface area (Å²) in [5, 5.41) is 0. The number of nitrogens with two attached hydrogens (primary N) is 1. The van der Waals surface area contributed by atoms with Gasteiger partial charge in [-0.1, -0.05) is 0 Å². The molecule has 0 radical (unpaired) electrons. The van der Waals surface area contributed by atoms with Crippen molar-refractivity contribution >= 4 is 17.0 Å². The highest BCUT2D eigenvalue weighted by molar-refractivity contribution is 5.67. The van der Waals surface area contributed by atoms with E-state index in [-0.39, 0.29) is 0 Å². The van der Waals surface area contributed by atoms with Crippen molar-refractivity contribution in [1.29, 1.82) is 0 Å². The molecule has 3 rings (SSSR count). The van der Waals surface area contributed by atoms with Crippen LogP contribution in [0.5, 0.6) is 0 Å². The number of fused-ring (bicyclic) bond motifs is 1. The minimum Gasteiger partial charge on any atom is -0.383 e. The number of hydrogen-bond acceptors (Lipinski definition) is 6. The van der Waals surface area contributed by atoms with Crippen molar-refractivity contribution in [3.05, 3.63) is 41.1 Å². The van der Waals surface area contributed by atoms with E-state index in [4.69, 9.17) is 5.73 Å². The maximum absolute atomic E-state index is 10.4. The smallest absolute Gasteiger partial charge is 0.346 e. The Hall–Kier alpha value is -2.77. The van der Waals surface area contributed by atoms with Crippen molar-refractivity contribution in [2.75, 3.05) is 5.73 Å². The van der Waals surface area contributed by atoms with E-state index >= 15 is 0 Å². The van der Waals surface area contributed by atoms with Gasteiger partial charge in [0.05, 0.1) is 12.5 Å². The minimum atomic E-state index is -0.405. The summed E-state index contributed by atoms with van der Waals surface area (Å²) in [5.74, 6) is 0.291. The molecule has 0 saturated heterocycles. The van der Waals surface area contributed by atoms with E-state index in [2.05, 4.69) is 29.9 Å². The van der Waals surface area contributed by atoms with Crippen molar-refractivity contribution < 1.29 is 0 Å². The number of aryl methyl sites for hydroxylation is 1. The molecule has 0 aliphatic carbocycles. The van der Waals surface area contributed by atoms with E-state index in [1.165, 1.54) is 12.5 Å². The van der Waals surface area contributed by atoms with E-state index in [9.17, 15) is 4.79 Å². The van der Waals surface area contributed by atoms with Crippen LogP contribution in [0.25, 0.3) is 11.2 Å². The van der Waals surface area contributed by atoms with Crippen LogP contribution in [-0.2, 0) is 0 Å². The summed E-state index contributed by atoms with van der Waals surface area (Å²) in [6.07, 6.45) is 6.29. The normalized spacial score (nSPS) is 9.83. The van der Waals surface area contributed by atoms with Gasteiger partial charge in [-0.25, -0.2) is 19.7 Å². The first-order valence-corrected chi connectivity index (χ1v) is 5.07. The second-order valence-electron chi connectivity index (χ2n) is 3.44. The number of aromatic amines is 2. The summed E-state index contributed by atoms with van der Waals surface area (Å²) >= 11 is 0. The molecular weight excluding hydrogens is 234 g/mol. The summed E-state index contributed by atoms with van der Waals surface area (Å²) in [5.41, 5.74) is 7.26. The molecule has 0 bridgehead atoms. The molecule has 8 nitrogen and oxygen atoms in total. The molecule has 0 saturated carbocycles. The molecule has 8 heteroatoms. The molecule has 0 unspecified atom stereocenters. The Kier molecular flexibility index (Phi) is 3.28. The Morgan fingerprint density at radius 1 is 1.28 bits per heavy atom. The second-order valence-corrected chi connectivity index (χ2v) is 3.44. The lowest BCUT2D eigenvalue weighted by molar-refractivity contribution is 1.06.